The Kier molecular flexibility index (Phi) is 6.18. The molecule has 0 saturated heterocycles. The van der Waals surface area contributed by atoms with Gasteiger partial charge in [0.1, 0.15) is 5.82 Å². The van der Waals surface area contributed by atoms with Crippen LogP contribution in [-0.4, -0.2) is 35.8 Å². The summed E-state index contributed by atoms with van der Waals surface area (Å²) in [4.78, 5) is 25.0. The van der Waals surface area contributed by atoms with E-state index < -0.39 is 0 Å². The molecule has 1 heterocycles. The largest absolute Gasteiger partial charge is 0.493 e. The lowest BCUT2D eigenvalue weighted by atomic mass is 9.89. The van der Waals surface area contributed by atoms with E-state index in [9.17, 15) is 9.59 Å². The van der Waals surface area contributed by atoms with Gasteiger partial charge >= 0.3 is 0 Å². The van der Waals surface area contributed by atoms with Crippen molar-refractivity contribution in [3.05, 3.63) is 30.0 Å². The molecule has 1 fully saturated rings. The van der Waals surface area contributed by atoms with E-state index in [0.717, 1.165) is 25.7 Å². The highest BCUT2D eigenvalue weighted by Gasteiger charge is 2.23. The van der Waals surface area contributed by atoms with Gasteiger partial charge in [-0.1, -0.05) is 19.3 Å². The number of hydrogen-bond donors (Lipinski definition) is 2. The summed E-state index contributed by atoms with van der Waals surface area (Å²) in [5, 5.41) is 9.89. The van der Waals surface area contributed by atoms with Crippen molar-refractivity contribution in [3.8, 4) is 11.5 Å². The maximum atomic E-state index is 12.5. The van der Waals surface area contributed by atoms with Gasteiger partial charge < -0.3 is 20.1 Å². The highest BCUT2D eigenvalue weighted by Crippen LogP contribution is 2.30. The average molecular weight is 386 g/mol. The van der Waals surface area contributed by atoms with E-state index in [0.29, 0.717) is 23.0 Å². The van der Waals surface area contributed by atoms with E-state index in [4.69, 9.17) is 9.47 Å². The van der Waals surface area contributed by atoms with Crippen LogP contribution in [0.4, 0.5) is 11.5 Å². The fraction of sp³-hybridized carbons (Fsp3) is 0.450. The van der Waals surface area contributed by atoms with Gasteiger partial charge in [-0.3, -0.25) is 14.3 Å². The molecular weight excluding hydrogens is 360 g/mol. The maximum Gasteiger partial charge on any atom is 0.276 e. The number of carbonyl (C=O) groups excluding carboxylic acids is 2. The lowest BCUT2D eigenvalue weighted by molar-refractivity contribution is -0.120. The van der Waals surface area contributed by atoms with Gasteiger partial charge in [-0.15, -0.1) is 0 Å². The number of hydrogen-bond acceptors (Lipinski definition) is 5. The molecule has 0 aliphatic heterocycles. The molecule has 0 bridgehead atoms. The van der Waals surface area contributed by atoms with Crippen LogP contribution in [0.2, 0.25) is 0 Å². The first-order valence-corrected chi connectivity index (χ1v) is 9.40. The Bertz CT molecular complexity index is 856. The van der Waals surface area contributed by atoms with Gasteiger partial charge in [-0.25, -0.2) is 0 Å². The van der Waals surface area contributed by atoms with Crippen LogP contribution in [0.15, 0.2) is 24.3 Å². The van der Waals surface area contributed by atoms with Crippen LogP contribution in [0.25, 0.3) is 0 Å². The van der Waals surface area contributed by atoms with E-state index in [-0.39, 0.29) is 23.4 Å². The summed E-state index contributed by atoms with van der Waals surface area (Å²) in [5.74, 6) is 1.25. The van der Waals surface area contributed by atoms with Crippen LogP contribution in [0.5, 0.6) is 11.5 Å². The van der Waals surface area contributed by atoms with Gasteiger partial charge in [0.15, 0.2) is 17.2 Å². The molecule has 2 aromatic rings. The first-order valence-electron chi connectivity index (χ1n) is 9.40. The summed E-state index contributed by atoms with van der Waals surface area (Å²) in [5.41, 5.74) is 0.775. The number of amides is 2. The lowest BCUT2D eigenvalue weighted by Crippen LogP contribution is -2.25. The normalized spacial score (nSPS) is 14.4. The van der Waals surface area contributed by atoms with E-state index >= 15 is 0 Å². The lowest BCUT2D eigenvalue weighted by Gasteiger charge is -2.20. The summed E-state index contributed by atoms with van der Waals surface area (Å²) < 4.78 is 11.9. The number of rotatable bonds is 6. The van der Waals surface area contributed by atoms with Crippen molar-refractivity contribution >= 4 is 23.3 Å². The molecule has 8 heteroatoms. The third-order valence-corrected chi connectivity index (χ3v) is 4.98. The average Bonchev–Trinajstić information content (AvgIpc) is 3.09. The summed E-state index contributed by atoms with van der Waals surface area (Å²) in [6.45, 7) is 0. The summed E-state index contributed by atoms with van der Waals surface area (Å²) in [6.07, 6.45) is 5.19. The fourth-order valence-corrected chi connectivity index (χ4v) is 3.40. The van der Waals surface area contributed by atoms with Crippen LogP contribution < -0.4 is 20.1 Å². The standard InChI is InChI=1S/C20H26N4O4/c1-24-18(22-19(25)13-7-5-4-6-8-13)12-15(23-24)20(26)21-14-9-10-16(27-2)17(11-14)28-3/h9-13H,4-8H2,1-3H3,(H,21,26)(H,22,25). The molecule has 2 N–H and O–H groups in total. The van der Waals surface area contributed by atoms with Crippen molar-refractivity contribution in [1.29, 1.82) is 0 Å². The predicted octanol–water partition coefficient (Wildman–Crippen LogP) is 3.21. The molecule has 8 nitrogen and oxygen atoms in total. The molecule has 0 atom stereocenters. The Hall–Kier alpha value is -3.03. The Morgan fingerprint density at radius 2 is 1.75 bits per heavy atom. The molecule has 1 saturated carbocycles. The van der Waals surface area contributed by atoms with Crippen molar-refractivity contribution in [2.45, 2.75) is 32.1 Å². The second-order valence-electron chi connectivity index (χ2n) is 6.89. The molecule has 0 spiro atoms. The second kappa shape index (κ2) is 8.77. The summed E-state index contributed by atoms with van der Waals surface area (Å²) >= 11 is 0. The Labute approximate surface area is 164 Å². The van der Waals surface area contributed by atoms with Crippen molar-refractivity contribution in [3.63, 3.8) is 0 Å². The number of aryl methyl sites for hydroxylation is 1. The summed E-state index contributed by atoms with van der Waals surface area (Å²) in [7, 11) is 4.78. The van der Waals surface area contributed by atoms with Crippen LogP contribution in [-0.2, 0) is 11.8 Å². The highest BCUT2D eigenvalue weighted by molar-refractivity contribution is 6.04. The zero-order chi connectivity index (χ0) is 20.1. The van der Waals surface area contributed by atoms with E-state index in [1.165, 1.54) is 18.2 Å². The fourth-order valence-electron chi connectivity index (χ4n) is 3.40. The minimum absolute atomic E-state index is 0.00505. The minimum Gasteiger partial charge on any atom is -0.493 e. The van der Waals surface area contributed by atoms with Crippen LogP contribution in [0.3, 0.4) is 0 Å². The van der Waals surface area contributed by atoms with Crippen molar-refractivity contribution in [2.75, 3.05) is 24.9 Å². The van der Waals surface area contributed by atoms with Crippen molar-refractivity contribution < 1.29 is 19.1 Å². The van der Waals surface area contributed by atoms with Gasteiger partial charge in [-0.05, 0) is 25.0 Å². The molecule has 1 aromatic carbocycles. The maximum absolute atomic E-state index is 12.5. The number of nitrogens with one attached hydrogen (secondary N) is 2. The molecule has 28 heavy (non-hydrogen) atoms. The Balaban J connectivity index is 1.68. The molecule has 2 amide bonds. The zero-order valence-corrected chi connectivity index (χ0v) is 16.4. The molecule has 0 radical (unpaired) electrons. The van der Waals surface area contributed by atoms with Gasteiger partial charge in [0.2, 0.25) is 5.91 Å². The van der Waals surface area contributed by atoms with Gasteiger partial charge in [-0.2, -0.15) is 5.10 Å². The molecule has 0 unspecified atom stereocenters. The van der Waals surface area contributed by atoms with E-state index in [1.807, 2.05) is 0 Å². The number of benzene rings is 1. The third-order valence-electron chi connectivity index (χ3n) is 4.98. The Morgan fingerprint density at radius 1 is 1.04 bits per heavy atom. The number of methoxy groups -OCH3 is 2. The smallest absolute Gasteiger partial charge is 0.276 e. The minimum atomic E-state index is -0.374. The number of carbonyl (C=O) groups is 2. The number of nitrogens with zero attached hydrogens (tertiary/aromatic N) is 2. The SMILES string of the molecule is COc1ccc(NC(=O)c2cc(NC(=O)C3CCCCC3)n(C)n2)cc1OC. The van der Waals surface area contributed by atoms with Gasteiger partial charge in [0, 0.05) is 30.8 Å². The molecule has 1 aliphatic carbocycles. The first-order chi connectivity index (χ1) is 13.5. The third kappa shape index (κ3) is 4.44. The molecular formula is C20H26N4O4. The van der Waals surface area contributed by atoms with Crippen molar-refractivity contribution in [1.82, 2.24) is 9.78 Å². The van der Waals surface area contributed by atoms with Gasteiger partial charge in [0.05, 0.1) is 14.2 Å². The predicted molar refractivity (Wildman–Crippen MR) is 106 cm³/mol. The number of anilines is 2. The molecule has 150 valence electrons. The van der Waals surface area contributed by atoms with Gasteiger partial charge in [0.25, 0.3) is 5.91 Å². The second-order valence-corrected chi connectivity index (χ2v) is 6.89. The van der Waals surface area contributed by atoms with Crippen LogP contribution >= 0.6 is 0 Å². The highest BCUT2D eigenvalue weighted by atomic mass is 16.5. The van der Waals surface area contributed by atoms with Crippen molar-refractivity contribution in [2.24, 2.45) is 13.0 Å². The summed E-state index contributed by atoms with van der Waals surface area (Å²) in [6, 6.07) is 6.68. The van der Waals surface area contributed by atoms with E-state index in [2.05, 4.69) is 15.7 Å². The molecule has 3 rings (SSSR count). The number of aromatic nitrogens is 2. The molecule has 1 aliphatic rings. The Morgan fingerprint density at radius 3 is 2.43 bits per heavy atom. The number of ether oxygens (including phenoxy) is 2. The van der Waals surface area contributed by atoms with E-state index in [1.54, 1.807) is 38.4 Å². The topological polar surface area (TPSA) is 94.5 Å². The van der Waals surface area contributed by atoms with Crippen LogP contribution in [0.1, 0.15) is 42.6 Å². The van der Waals surface area contributed by atoms with Crippen LogP contribution in [0, 0.1) is 5.92 Å². The quantitative estimate of drug-likeness (QED) is 0.795. The monoisotopic (exact) mass is 386 g/mol. The molecule has 1 aromatic heterocycles. The first kappa shape index (κ1) is 19.7. The zero-order valence-electron chi connectivity index (χ0n) is 16.4.